The van der Waals surface area contributed by atoms with Crippen molar-refractivity contribution in [2.24, 2.45) is 0 Å². The van der Waals surface area contributed by atoms with Crippen LogP contribution in [0.2, 0.25) is 0 Å². The summed E-state index contributed by atoms with van der Waals surface area (Å²) >= 11 is 0. The Kier molecular flexibility index (Phi) is 11.3. The lowest BCUT2D eigenvalue weighted by Crippen LogP contribution is -2.40. The Balaban J connectivity index is 0.00000484. The first kappa shape index (κ1) is 21.6. The number of hydrazine groups is 1. The van der Waals surface area contributed by atoms with Gasteiger partial charge in [-0.05, 0) is 30.9 Å². The van der Waals surface area contributed by atoms with Gasteiger partial charge in [-0.3, -0.25) is 10.1 Å². The van der Waals surface area contributed by atoms with Crippen LogP contribution in [0.4, 0.5) is 11.4 Å². The third kappa shape index (κ3) is 7.10. The smallest absolute Gasteiger partial charge is 0.294 e. The van der Waals surface area contributed by atoms with Crippen molar-refractivity contribution in [2.75, 3.05) is 37.9 Å². The van der Waals surface area contributed by atoms with E-state index in [9.17, 15) is 10.1 Å². The minimum Gasteiger partial charge on any atom is -0.396 e. The molecule has 132 valence electrons. The summed E-state index contributed by atoms with van der Waals surface area (Å²) < 4.78 is 0. The van der Waals surface area contributed by atoms with E-state index >= 15 is 0 Å². The van der Waals surface area contributed by atoms with Crippen molar-refractivity contribution in [3.63, 3.8) is 0 Å². The van der Waals surface area contributed by atoms with Gasteiger partial charge < -0.3 is 20.3 Å². The zero-order chi connectivity index (χ0) is 16.4. The third-order valence-electron chi connectivity index (χ3n) is 3.11. The first-order valence-corrected chi connectivity index (χ1v) is 7.25. The van der Waals surface area contributed by atoms with Crippen molar-refractivity contribution in [2.45, 2.75) is 19.3 Å². The van der Waals surface area contributed by atoms with E-state index in [1.165, 1.54) is 6.07 Å². The van der Waals surface area contributed by atoms with Crippen LogP contribution in [0.3, 0.4) is 0 Å². The number of aliphatic hydroxyl groups is 3. The average Bonchev–Trinajstić information content (AvgIpc) is 2.51. The summed E-state index contributed by atoms with van der Waals surface area (Å²) in [5.41, 5.74) is 4.06. The Morgan fingerprint density at radius 2 is 1.83 bits per heavy atom. The Morgan fingerprint density at radius 1 is 1.13 bits per heavy atom. The zero-order valence-electron chi connectivity index (χ0n) is 12.8. The van der Waals surface area contributed by atoms with E-state index in [2.05, 4.69) is 5.43 Å². The summed E-state index contributed by atoms with van der Waals surface area (Å²) in [7, 11) is 0. The minimum atomic E-state index is -0.462. The van der Waals surface area contributed by atoms with Gasteiger partial charge in [-0.25, -0.2) is 5.43 Å². The normalized spacial score (nSPS) is 10.2. The number of nitrogens with one attached hydrogen (secondary N) is 1. The van der Waals surface area contributed by atoms with Crippen LogP contribution in [0.15, 0.2) is 18.2 Å². The molecule has 0 heterocycles. The van der Waals surface area contributed by atoms with E-state index in [0.717, 1.165) is 0 Å². The molecule has 1 aromatic carbocycles. The number of nitro benzene ring substituents is 1. The second-order valence-electron chi connectivity index (χ2n) is 4.77. The van der Waals surface area contributed by atoms with Gasteiger partial charge in [0.25, 0.3) is 5.69 Å². The molecule has 0 aromatic heterocycles. The van der Waals surface area contributed by atoms with Crippen molar-refractivity contribution in [1.82, 2.24) is 5.43 Å². The first-order chi connectivity index (χ1) is 10.6. The molecule has 8 nitrogen and oxygen atoms in total. The van der Waals surface area contributed by atoms with Gasteiger partial charge in [0.05, 0.1) is 4.92 Å². The number of hydrogen-bond donors (Lipinski definition) is 4. The highest BCUT2D eigenvalue weighted by molar-refractivity contribution is 5.85. The molecular formula is C14H24ClN3O5. The van der Waals surface area contributed by atoms with Gasteiger partial charge >= 0.3 is 0 Å². The fourth-order valence-corrected chi connectivity index (χ4v) is 2.03. The first-order valence-electron chi connectivity index (χ1n) is 7.25. The highest BCUT2D eigenvalue weighted by Gasteiger charge is 2.19. The van der Waals surface area contributed by atoms with E-state index in [4.69, 9.17) is 15.3 Å². The highest BCUT2D eigenvalue weighted by Crippen LogP contribution is 2.28. The molecule has 0 amide bonds. The molecule has 0 aliphatic rings. The standard InChI is InChI=1S/C14H23N3O5.ClH/c18-8-1-6-15-16(7-2-9-19)13-4-3-12(5-10-20)11-14(13)17(21)22;/h3-4,11,15,18-20H,1-2,5-10H2;1H. The molecule has 9 heteroatoms. The number of anilines is 1. The van der Waals surface area contributed by atoms with E-state index < -0.39 is 4.92 Å². The summed E-state index contributed by atoms with van der Waals surface area (Å²) in [6.45, 7) is 0.812. The van der Waals surface area contributed by atoms with Crippen molar-refractivity contribution in [3.05, 3.63) is 33.9 Å². The van der Waals surface area contributed by atoms with E-state index in [-0.39, 0.29) is 37.9 Å². The highest BCUT2D eigenvalue weighted by atomic mass is 35.5. The van der Waals surface area contributed by atoms with Gasteiger partial charge in [-0.1, -0.05) is 6.07 Å². The van der Waals surface area contributed by atoms with Crippen molar-refractivity contribution in [1.29, 1.82) is 0 Å². The van der Waals surface area contributed by atoms with Crippen LogP contribution in [0, 0.1) is 10.1 Å². The Bertz CT molecular complexity index is 476. The van der Waals surface area contributed by atoms with Gasteiger partial charge in [-0.15, -0.1) is 12.4 Å². The SMILES string of the molecule is Cl.O=[N+]([O-])c1cc(CCO)ccc1N(CCCO)NCCCO. The molecule has 23 heavy (non-hydrogen) atoms. The predicted octanol–water partition coefficient (Wildman–Crippen LogP) is 0.627. The molecule has 1 rings (SSSR count). The topological polar surface area (TPSA) is 119 Å². The van der Waals surface area contributed by atoms with Crippen LogP contribution in [0.5, 0.6) is 0 Å². The zero-order valence-corrected chi connectivity index (χ0v) is 13.7. The minimum absolute atomic E-state index is 0. The number of rotatable bonds is 11. The van der Waals surface area contributed by atoms with Crippen molar-refractivity contribution < 1.29 is 20.2 Å². The second-order valence-corrected chi connectivity index (χ2v) is 4.77. The third-order valence-corrected chi connectivity index (χ3v) is 3.11. The van der Waals surface area contributed by atoms with Crippen LogP contribution >= 0.6 is 12.4 Å². The lowest BCUT2D eigenvalue weighted by Gasteiger charge is -2.25. The van der Waals surface area contributed by atoms with Crippen LogP contribution in [0.1, 0.15) is 18.4 Å². The Hall–Kier alpha value is -1.45. The summed E-state index contributed by atoms with van der Waals surface area (Å²) in [6, 6.07) is 4.82. The number of halogens is 1. The Morgan fingerprint density at radius 3 is 2.39 bits per heavy atom. The molecule has 4 N–H and O–H groups in total. The number of nitro groups is 1. The fourth-order valence-electron chi connectivity index (χ4n) is 2.03. The monoisotopic (exact) mass is 349 g/mol. The molecule has 0 atom stereocenters. The quantitative estimate of drug-likeness (QED) is 0.263. The van der Waals surface area contributed by atoms with Crippen LogP contribution < -0.4 is 10.4 Å². The number of aliphatic hydroxyl groups excluding tert-OH is 3. The molecule has 0 unspecified atom stereocenters. The van der Waals surface area contributed by atoms with Gasteiger partial charge in [0.1, 0.15) is 5.69 Å². The van der Waals surface area contributed by atoms with Gasteiger partial charge in [0.2, 0.25) is 0 Å². The van der Waals surface area contributed by atoms with Crippen molar-refractivity contribution >= 4 is 23.8 Å². The van der Waals surface area contributed by atoms with E-state index in [1.807, 2.05) is 0 Å². The lowest BCUT2D eigenvalue weighted by atomic mass is 10.1. The maximum Gasteiger partial charge on any atom is 0.294 e. The molecule has 0 aliphatic heterocycles. The lowest BCUT2D eigenvalue weighted by molar-refractivity contribution is -0.384. The van der Waals surface area contributed by atoms with E-state index in [0.29, 0.717) is 43.6 Å². The molecule has 0 aliphatic carbocycles. The van der Waals surface area contributed by atoms with Gasteiger partial charge in [-0.2, -0.15) is 0 Å². The number of benzene rings is 1. The van der Waals surface area contributed by atoms with Gasteiger partial charge in [0, 0.05) is 39.0 Å². The number of nitrogens with zero attached hydrogens (tertiary/aromatic N) is 2. The van der Waals surface area contributed by atoms with E-state index in [1.54, 1.807) is 17.1 Å². The summed E-state index contributed by atoms with van der Waals surface area (Å²) in [6.07, 6.45) is 1.34. The fraction of sp³-hybridized carbons (Fsp3) is 0.571. The number of hydrogen-bond acceptors (Lipinski definition) is 7. The second kappa shape index (κ2) is 12.0. The van der Waals surface area contributed by atoms with Gasteiger partial charge in [0.15, 0.2) is 0 Å². The maximum atomic E-state index is 11.3. The summed E-state index contributed by atoms with van der Waals surface area (Å²) in [5, 5.41) is 39.7. The van der Waals surface area contributed by atoms with Crippen LogP contribution in [-0.4, -0.2) is 53.2 Å². The molecule has 0 saturated carbocycles. The summed E-state index contributed by atoms with van der Waals surface area (Å²) in [4.78, 5) is 10.8. The molecule has 1 aromatic rings. The molecule has 0 saturated heterocycles. The predicted molar refractivity (Wildman–Crippen MR) is 89.9 cm³/mol. The van der Waals surface area contributed by atoms with Crippen LogP contribution in [0.25, 0.3) is 0 Å². The summed E-state index contributed by atoms with van der Waals surface area (Å²) in [5.74, 6) is 0. The molecular weight excluding hydrogens is 326 g/mol. The molecule has 0 radical (unpaired) electrons. The molecule has 0 bridgehead atoms. The maximum absolute atomic E-state index is 11.3. The van der Waals surface area contributed by atoms with Crippen LogP contribution in [-0.2, 0) is 6.42 Å². The Labute approximate surface area is 141 Å². The molecule has 0 fully saturated rings. The average molecular weight is 350 g/mol. The molecule has 0 spiro atoms. The largest absolute Gasteiger partial charge is 0.396 e. The van der Waals surface area contributed by atoms with Crippen molar-refractivity contribution in [3.8, 4) is 0 Å².